The van der Waals surface area contributed by atoms with Gasteiger partial charge in [-0.3, -0.25) is 0 Å². The van der Waals surface area contributed by atoms with Gasteiger partial charge in [0.25, 0.3) is 0 Å². The van der Waals surface area contributed by atoms with E-state index < -0.39 is 0 Å². The summed E-state index contributed by atoms with van der Waals surface area (Å²) in [5.41, 5.74) is 6.22. The zero-order valence-corrected chi connectivity index (χ0v) is 14.9. The predicted octanol–water partition coefficient (Wildman–Crippen LogP) is 4.99. The number of rotatable bonds is 7. The zero-order chi connectivity index (χ0) is 17.4. The minimum atomic E-state index is -0.174. The molecule has 0 aromatic heterocycles. The van der Waals surface area contributed by atoms with Gasteiger partial charge in [0.15, 0.2) is 0 Å². The van der Waals surface area contributed by atoms with E-state index >= 15 is 0 Å². The van der Waals surface area contributed by atoms with Crippen LogP contribution >= 0.6 is 23.2 Å². The maximum Gasteiger partial charge on any atom is 0.145 e. The van der Waals surface area contributed by atoms with Crippen molar-refractivity contribution in [2.24, 2.45) is 5.16 Å². The maximum atomic E-state index is 9.05. The van der Waals surface area contributed by atoms with Gasteiger partial charge in [0, 0.05) is 21.8 Å². The minimum absolute atomic E-state index is 0.174. The molecule has 0 spiro atoms. The van der Waals surface area contributed by atoms with Crippen molar-refractivity contribution in [1.82, 2.24) is 0 Å². The first-order chi connectivity index (χ1) is 11.7. The molecule has 128 valence electrons. The number of halogens is 2. The van der Waals surface area contributed by atoms with Crippen LogP contribution in [0.1, 0.15) is 25.3 Å². The molecule has 2 rings (SSSR count). The fourth-order valence-corrected chi connectivity index (χ4v) is 2.79. The number of aliphatic hydroxyl groups is 1. The first kappa shape index (κ1) is 18.6. The number of anilines is 1. The molecule has 2 N–H and O–H groups in total. The fourth-order valence-electron chi connectivity index (χ4n) is 2.48. The molecule has 0 bridgehead atoms. The number of nitrogens with one attached hydrogen (secondary N) is 1. The third-order valence-corrected chi connectivity index (χ3v) is 4.23. The molecule has 1 aromatic carbocycles. The summed E-state index contributed by atoms with van der Waals surface area (Å²) in [5, 5.41) is 16.7. The van der Waals surface area contributed by atoms with Crippen molar-refractivity contribution >= 4 is 34.6 Å². The highest BCUT2D eigenvalue weighted by atomic mass is 35.5. The Hall–Kier alpha value is -1.75. The van der Waals surface area contributed by atoms with Crippen LogP contribution in [0, 0.1) is 0 Å². The van der Waals surface area contributed by atoms with Crippen LogP contribution < -0.4 is 5.32 Å². The van der Waals surface area contributed by atoms with Gasteiger partial charge >= 0.3 is 0 Å². The molecule has 0 aliphatic heterocycles. The molecule has 24 heavy (non-hydrogen) atoms. The van der Waals surface area contributed by atoms with Crippen molar-refractivity contribution in [3.8, 4) is 0 Å². The van der Waals surface area contributed by atoms with Crippen molar-refractivity contribution in [3.63, 3.8) is 0 Å². The lowest BCUT2D eigenvalue weighted by atomic mass is 10.1. The van der Waals surface area contributed by atoms with Crippen molar-refractivity contribution in [1.29, 1.82) is 0 Å². The number of nitrogens with zero attached hydrogens (tertiary/aromatic N) is 1. The molecule has 0 radical (unpaired) electrons. The van der Waals surface area contributed by atoms with E-state index in [0.29, 0.717) is 5.02 Å². The van der Waals surface area contributed by atoms with E-state index in [2.05, 4.69) is 17.4 Å². The third kappa shape index (κ3) is 4.87. The van der Waals surface area contributed by atoms with Gasteiger partial charge in [0.05, 0.1) is 5.71 Å². The van der Waals surface area contributed by atoms with Gasteiger partial charge in [0.2, 0.25) is 0 Å². The molecule has 0 atom stereocenters. The van der Waals surface area contributed by atoms with Crippen LogP contribution in [0.25, 0.3) is 0 Å². The fraction of sp³-hybridized carbons (Fsp3) is 0.278. The van der Waals surface area contributed by atoms with Crippen molar-refractivity contribution in [2.75, 3.05) is 12.0 Å². The molecule has 0 unspecified atom stereocenters. The van der Waals surface area contributed by atoms with Gasteiger partial charge in [-0.25, -0.2) is 0 Å². The summed E-state index contributed by atoms with van der Waals surface area (Å²) in [5.74, 6) is 0. The number of oxime groups is 1. The summed E-state index contributed by atoms with van der Waals surface area (Å²) >= 11 is 11.7. The summed E-state index contributed by atoms with van der Waals surface area (Å²) in [7, 11) is 0. The standard InChI is InChI=1S/C18H20Cl2N2O2/c1-13-8-9-18(14(13)5-2-3-10-19)22-24-11-15-16(20)6-4-7-17(15)21-12-23/h2-7,10,21,23H,8-9,11-12H2,1H3/b5-2-,10-3+,22-18+. The third-order valence-electron chi connectivity index (χ3n) is 3.73. The monoisotopic (exact) mass is 366 g/mol. The van der Waals surface area contributed by atoms with Crippen LogP contribution in [-0.4, -0.2) is 17.5 Å². The second-order valence-corrected chi connectivity index (χ2v) is 5.94. The van der Waals surface area contributed by atoms with Gasteiger partial charge in [0.1, 0.15) is 13.3 Å². The van der Waals surface area contributed by atoms with E-state index in [1.807, 2.05) is 24.3 Å². The molecule has 0 saturated heterocycles. The lowest BCUT2D eigenvalue weighted by molar-refractivity contribution is 0.130. The molecule has 1 aliphatic carbocycles. The van der Waals surface area contributed by atoms with Crippen LogP contribution in [0.2, 0.25) is 5.02 Å². The molecule has 1 aliphatic rings. The summed E-state index contributed by atoms with van der Waals surface area (Å²) < 4.78 is 0. The number of aliphatic hydroxyl groups excluding tert-OH is 1. The minimum Gasteiger partial charge on any atom is -0.391 e. The quantitative estimate of drug-likeness (QED) is 0.405. The highest BCUT2D eigenvalue weighted by Gasteiger charge is 2.17. The zero-order valence-electron chi connectivity index (χ0n) is 13.4. The Morgan fingerprint density at radius 1 is 1.33 bits per heavy atom. The maximum absolute atomic E-state index is 9.05. The van der Waals surface area contributed by atoms with Crippen LogP contribution in [0.4, 0.5) is 5.69 Å². The Kier molecular flexibility index (Phi) is 7.37. The molecular formula is C18H20Cl2N2O2. The molecule has 0 heterocycles. The number of hydrogen-bond acceptors (Lipinski definition) is 4. The number of hydrogen-bond donors (Lipinski definition) is 2. The van der Waals surface area contributed by atoms with Gasteiger partial charge < -0.3 is 15.3 Å². The summed E-state index contributed by atoms with van der Waals surface area (Å²) in [4.78, 5) is 5.53. The second kappa shape index (κ2) is 9.52. The van der Waals surface area contributed by atoms with Gasteiger partial charge in [-0.2, -0.15) is 0 Å². The molecule has 4 nitrogen and oxygen atoms in total. The first-order valence-electron chi connectivity index (χ1n) is 7.62. The summed E-state index contributed by atoms with van der Waals surface area (Å²) in [6, 6.07) is 5.43. The van der Waals surface area contributed by atoms with Crippen molar-refractivity contribution in [3.05, 3.63) is 63.7 Å². The largest absolute Gasteiger partial charge is 0.391 e. The average molecular weight is 367 g/mol. The van der Waals surface area contributed by atoms with E-state index in [1.165, 1.54) is 11.1 Å². The van der Waals surface area contributed by atoms with E-state index in [9.17, 15) is 0 Å². The first-order valence-corrected chi connectivity index (χ1v) is 8.43. The van der Waals surface area contributed by atoms with E-state index in [4.69, 9.17) is 33.1 Å². The van der Waals surface area contributed by atoms with Crippen molar-refractivity contribution in [2.45, 2.75) is 26.4 Å². The van der Waals surface area contributed by atoms with E-state index in [1.54, 1.807) is 12.1 Å². The number of allylic oxidation sites excluding steroid dienone is 5. The average Bonchev–Trinajstić information content (AvgIpc) is 2.91. The Labute approximate surface area is 152 Å². The van der Waals surface area contributed by atoms with E-state index in [0.717, 1.165) is 35.4 Å². The molecular weight excluding hydrogens is 347 g/mol. The highest BCUT2D eigenvalue weighted by molar-refractivity contribution is 6.31. The van der Waals surface area contributed by atoms with Gasteiger partial charge in [-0.15, -0.1) is 0 Å². The van der Waals surface area contributed by atoms with Crippen LogP contribution in [-0.2, 0) is 11.4 Å². The Morgan fingerprint density at radius 2 is 2.17 bits per heavy atom. The molecule has 0 fully saturated rings. The van der Waals surface area contributed by atoms with Crippen LogP contribution in [0.3, 0.4) is 0 Å². The Bertz CT molecular complexity index is 694. The second-order valence-electron chi connectivity index (χ2n) is 5.28. The highest BCUT2D eigenvalue weighted by Crippen LogP contribution is 2.27. The SMILES string of the molecule is CC1=C(/C=C\C=C\Cl)/C(=N/OCc2c(Cl)cccc2NCO)CC1. The normalized spacial score (nSPS) is 16.8. The molecule has 6 heteroatoms. The Balaban J connectivity index is 2.09. The summed E-state index contributed by atoms with van der Waals surface area (Å²) in [6.07, 6.45) is 7.44. The van der Waals surface area contributed by atoms with Gasteiger partial charge in [-0.05, 0) is 37.5 Å². The van der Waals surface area contributed by atoms with Gasteiger partial charge in [-0.1, -0.05) is 58.2 Å². The lowest BCUT2D eigenvalue weighted by Crippen LogP contribution is -2.04. The van der Waals surface area contributed by atoms with E-state index in [-0.39, 0.29) is 13.3 Å². The predicted molar refractivity (Wildman–Crippen MR) is 100 cm³/mol. The van der Waals surface area contributed by atoms with Crippen LogP contribution in [0.15, 0.2) is 58.3 Å². The molecule has 1 aromatic rings. The smallest absolute Gasteiger partial charge is 0.145 e. The number of benzene rings is 1. The Morgan fingerprint density at radius 3 is 2.92 bits per heavy atom. The molecule has 0 amide bonds. The topological polar surface area (TPSA) is 53.8 Å². The molecule has 0 saturated carbocycles. The summed E-state index contributed by atoms with van der Waals surface area (Å²) in [6.45, 7) is 2.14. The van der Waals surface area contributed by atoms with Crippen molar-refractivity contribution < 1.29 is 9.94 Å². The lowest BCUT2D eigenvalue weighted by Gasteiger charge is -2.11. The van der Waals surface area contributed by atoms with Crippen LogP contribution in [0.5, 0.6) is 0 Å².